The van der Waals surface area contributed by atoms with Gasteiger partial charge in [0.25, 0.3) is 0 Å². The summed E-state index contributed by atoms with van der Waals surface area (Å²) in [7, 11) is 0. The van der Waals surface area contributed by atoms with Crippen molar-refractivity contribution in [1.29, 1.82) is 0 Å². The van der Waals surface area contributed by atoms with Gasteiger partial charge in [0.1, 0.15) is 5.65 Å². The second-order valence-corrected chi connectivity index (χ2v) is 6.15. The van der Waals surface area contributed by atoms with Crippen molar-refractivity contribution in [2.45, 2.75) is 44.3 Å². The molecular formula is C16H22N4. The first kappa shape index (κ1) is 12.4. The van der Waals surface area contributed by atoms with E-state index in [1.807, 2.05) is 6.07 Å². The molecule has 0 radical (unpaired) electrons. The van der Waals surface area contributed by atoms with Crippen LogP contribution in [0.3, 0.4) is 0 Å². The lowest BCUT2D eigenvalue weighted by molar-refractivity contribution is 0.229. The molecule has 4 heteroatoms. The molecule has 1 N–H and O–H groups in total. The van der Waals surface area contributed by atoms with Gasteiger partial charge in [0.15, 0.2) is 0 Å². The zero-order chi connectivity index (χ0) is 13.4. The van der Waals surface area contributed by atoms with E-state index in [0.29, 0.717) is 6.04 Å². The number of nitrogens with zero attached hydrogens (tertiary/aromatic N) is 3. The summed E-state index contributed by atoms with van der Waals surface area (Å²) in [5.74, 6) is 0. The van der Waals surface area contributed by atoms with Crippen LogP contribution in [0.2, 0.25) is 0 Å². The van der Waals surface area contributed by atoms with Gasteiger partial charge < -0.3 is 9.72 Å². The van der Waals surface area contributed by atoms with Gasteiger partial charge in [0.2, 0.25) is 0 Å². The zero-order valence-corrected chi connectivity index (χ0v) is 11.8. The van der Waals surface area contributed by atoms with E-state index in [0.717, 1.165) is 18.2 Å². The summed E-state index contributed by atoms with van der Waals surface area (Å²) in [6.07, 6.45) is 9.63. The van der Waals surface area contributed by atoms with Crippen LogP contribution in [0.1, 0.15) is 31.4 Å². The maximum Gasteiger partial charge on any atom is 0.137 e. The van der Waals surface area contributed by atoms with Gasteiger partial charge in [-0.3, -0.25) is 4.90 Å². The van der Waals surface area contributed by atoms with Crippen molar-refractivity contribution in [3.8, 4) is 0 Å². The molecule has 1 atom stereocenters. The van der Waals surface area contributed by atoms with E-state index in [1.54, 1.807) is 0 Å². The fourth-order valence-corrected chi connectivity index (χ4v) is 3.25. The van der Waals surface area contributed by atoms with Crippen molar-refractivity contribution in [1.82, 2.24) is 19.6 Å². The molecule has 20 heavy (non-hydrogen) atoms. The third kappa shape index (κ3) is 2.58. The van der Waals surface area contributed by atoms with E-state index < -0.39 is 0 Å². The second-order valence-electron chi connectivity index (χ2n) is 6.15. The highest BCUT2D eigenvalue weighted by atomic mass is 15.2. The average Bonchev–Trinajstić information content (AvgIpc) is 3.03. The lowest BCUT2D eigenvalue weighted by atomic mass is 10.2. The van der Waals surface area contributed by atoms with Crippen molar-refractivity contribution in [2.75, 3.05) is 13.1 Å². The quantitative estimate of drug-likeness (QED) is 0.902. The van der Waals surface area contributed by atoms with E-state index in [9.17, 15) is 0 Å². The molecule has 4 nitrogen and oxygen atoms in total. The highest BCUT2D eigenvalue weighted by Gasteiger charge is 2.31. The first-order valence-corrected chi connectivity index (χ1v) is 7.78. The molecule has 0 spiro atoms. The van der Waals surface area contributed by atoms with E-state index in [-0.39, 0.29) is 0 Å². The van der Waals surface area contributed by atoms with Crippen LogP contribution in [0.5, 0.6) is 0 Å². The molecule has 1 saturated heterocycles. The number of hydrogen-bond donors (Lipinski definition) is 1. The van der Waals surface area contributed by atoms with Crippen molar-refractivity contribution >= 4 is 5.65 Å². The fraction of sp³-hybridized carbons (Fsp3) is 0.562. The summed E-state index contributed by atoms with van der Waals surface area (Å²) in [6.45, 7) is 3.36. The maximum atomic E-state index is 4.74. The number of imidazole rings is 1. The molecule has 2 aromatic heterocycles. The van der Waals surface area contributed by atoms with Gasteiger partial charge in [-0.25, -0.2) is 4.98 Å². The largest absolute Gasteiger partial charge is 0.313 e. The highest BCUT2D eigenvalue weighted by Crippen LogP contribution is 2.29. The summed E-state index contributed by atoms with van der Waals surface area (Å²) in [4.78, 5) is 7.37. The summed E-state index contributed by atoms with van der Waals surface area (Å²) >= 11 is 0. The first-order valence-electron chi connectivity index (χ1n) is 7.78. The molecule has 2 aliphatic rings. The molecule has 0 bridgehead atoms. The predicted molar refractivity (Wildman–Crippen MR) is 79.6 cm³/mol. The second kappa shape index (κ2) is 5.19. The van der Waals surface area contributed by atoms with Gasteiger partial charge in [-0.2, -0.15) is 0 Å². The van der Waals surface area contributed by atoms with Crippen LogP contribution >= 0.6 is 0 Å². The lowest BCUT2D eigenvalue weighted by Crippen LogP contribution is -2.38. The minimum absolute atomic E-state index is 0.688. The smallest absolute Gasteiger partial charge is 0.137 e. The number of nitrogens with one attached hydrogen (secondary N) is 1. The summed E-state index contributed by atoms with van der Waals surface area (Å²) < 4.78 is 2.12. The standard InChI is InChI=1S/C16H22N4/c1-2-9-19-11-14(18-16(19)5-1)12-20(15-6-7-15)10-13-4-3-8-17-13/h1-2,5,9,11,13,15,17H,3-4,6-8,10,12H2/t13-/m1/s1. The van der Waals surface area contributed by atoms with Crippen molar-refractivity contribution in [2.24, 2.45) is 0 Å². The van der Waals surface area contributed by atoms with E-state index in [2.05, 4.69) is 39.1 Å². The Hall–Kier alpha value is -1.39. The number of pyridine rings is 1. The Morgan fingerprint density at radius 1 is 1.30 bits per heavy atom. The minimum Gasteiger partial charge on any atom is -0.313 e. The van der Waals surface area contributed by atoms with Gasteiger partial charge in [-0.1, -0.05) is 6.07 Å². The molecule has 4 rings (SSSR count). The van der Waals surface area contributed by atoms with Crippen molar-refractivity contribution in [3.05, 3.63) is 36.3 Å². The third-order valence-electron chi connectivity index (χ3n) is 4.46. The van der Waals surface area contributed by atoms with Crippen molar-refractivity contribution < 1.29 is 0 Å². The number of fused-ring (bicyclic) bond motifs is 1. The van der Waals surface area contributed by atoms with Crippen molar-refractivity contribution in [3.63, 3.8) is 0 Å². The molecule has 1 saturated carbocycles. The zero-order valence-electron chi connectivity index (χ0n) is 11.8. The van der Waals surface area contributed by atoms with Gasteiger partial charge in [0.05, 0.1) is 5.69 Å². The molecule has 2 aromatic rings. The molecule has 0 unspecified atom stereocenters. The first-order chi connectivity index (χ1) is 9.88. The molecule has 0 amide bonds. The third-order valence-corrected chi connectivity index (χ3v) is 4.46. The minimum atomic E-state index is 0.688. The van der Waals surface area contributed by atoms with Gasteiger partial charge in [0, 0.05) is 37.6 Å². The predicted octanol–water partition coefficient (Wildman–Crippen LogP) is 2.05. The Morgan fingerprint density at radius 3 is 3.00 bits per heavy atom. The van der Waals surface area contributed by atoms with Crippen LogP contribution in [0.4, 0.5) is 0 Å². The number of rotatable bonds is 5. The van der Waals surface area contributed by atoms with Gasteiger partial charge in [-0.15, -0.1) is 0 Å². The normalized spacial score (nSPS) is 22.9. The Kier molecular flexibility index (Phi) is 3.20. The highest BCUT2D eigenvalue weighted by molar-refractivity contribution is 5.39. The Labute approximate surface area is 119 Å². The Bertz CT molecular complexity index is 548. The van der Waals surface area contributed by atoms with E-state index in [1.165, 1.54) is 44.5 Å². The van der Waals surface area contributed by atoms with Crippen LogP contribution in [0.15, 0.2) is 30.6 Å². The Balaban J connectivity index is 1.49. The molecule has 3 heterocycles. The summed E-state index contributed by atoms with van der Waals surface area (Å²) in [6, 6.07) is 7.66. The molecule has 1 aliphatic heterocycles. The van der Waals surface area contributed by atoms with Crippen LogP contribution in [-0.4, -0.2) is 39.5 Å². The van der Waals surface area contributed by atoms with Crippen LogP contribution in [0.25, 0.3) is 5.65 Å². The topological polar surface area (TPSA) is 32.6 Å². The number of hydrogen-bond acceptors (Lipinski definition) is 3. The Morgan fingerprint density at radius 2 is 2.25 bits per heavy atom. The summed E-state index contributed by atoms with van der Waals surface area (Å²) in [5.41, 5.74) is 2.25. The lowest BCUT2D eigenvalue weighted by Gasteiger charge is -2.24. The monoisotopic (exact) mass is 270 g/mol. The number of aromatic nitrogens is 2. The molecular weight excluding hydrogens is 248 g/mol. The SMILES string of the molecule is c1ccn2cc(CN(C[C@H]3CCCN3)C3CC3)nc2c1. The van der Waals surface area contributed by atoms with Crippen LogP contribution < -0.4 is 5.32 Å². The van der Waals surface area contributed by atoms with Crippen LogP contribution in [-0.2, 0) is 6.54 Å². The van der Waals surface area contributed by atoms with Gasteiger partial charge in [-0.05, 0) is 44.4 Å². The molecule has 2 fully saturated rings. The molecule has 0 aromatic carbocycles. The summed E-state index contributed by atoms with van der Waals surface area (Å²) in [5, 5.41) is 3.61. The van der Waals surface area contributed by atoms with Gasteiger partial charge >= 0.3 is 0 Å². The van der Waals surface area contributed by atoms with E-state index >= 15 is 0 Å². The van der Waals surface area contributed by atoms with E-state index in [4.69, 9.17) is 4.98 Å². The van der Waals surface area contributed by atoms with Crippen LogP contribution in [0, 0.1) is 0 Å². The molecule has 106 valence electrons. The maximum absolute atomic E-state index is 4.74. The fourth-order valence-electron chi connectivity index (χ4n) is 3.25. The molecule has 1 aliphatic carbocycles. The average molecular weight is 270 g/mol.